The molecule has 0 unspecified atom stereocenters. The van der Waals surface area contributed by atoms with E-state index in [1.54, 1.807) is 0 Å². The van der Waals surface area contributed by atoms with Crippen molar-refractivity contribution in [2.24, 2.45) is 0 Å². The maximum atomic E-state index is 3.70. The Kier molecular flexibility index (Phi) is 3.96. The van der Waals surface area contributed by atoms with Crippen LogP contribution in [-0.2, 0) is 0 Å². The molecule has 2 atom stereocenters. The summed E-state index contributed by atoms with van der Waals surface area (Å²) in [6, 6.07) is 11.7. The van der Waals surface area contributed by atoms with Crippen LogP contribution in [0.5, 0.6) is 0 Å². The van der Waals surface area contributed by atoms with E-state index >= 15 is 0 Å². The van der Waals surface area contributed by atoms with Gasteiger partial charge in [0.2, 0.25) is 0 Å². The highest BCUT2D eigenvalue weighted by atomic mass is 15.2. The minimum Gasteiger partial charge on any atom is -0.313 e. The third kappa shape index (κ3) is 2.93. The van der Waals surface area contributed by atoms with Crippen LogP contribution in [0.3, 0.4) is 0 Å². The van der Waals surface area contributed by atoms with E-state index in [0.29, 0.717) is 6.04 Å². The highest BCUT2D eigenvalue weighted by Gasteiger charge is 2.25. The molecule has 0 spiro atoms. The van der Waals surface area contributed by atoms with Gasteiger partial charge in [-0.05, 0) is 56.8 Å². The lowest BCUT2D eigenvalue weighted by atomic mass is 9.86. The molecule has 0 aliphatic carbocycles. The molecule has 0 aromatic heterocycles. The van der Waals surface area contributed by atoms with Gasteiger partial charge in [0, 0.05) is 12.6 Å². The molecule has 2 fully saturated rings. The Labute approximate surface area is 110 Å². The van der Waals surface area contributed by atoms with Crippen molar-refractivity contribution < 1.29 is 0 Å². The molecule has 2 heteroatoms. The molecule has 2 nitrogen and oxygen atoms in total. The van der Waals surface area contributed by atoms with E-state index in [2.05, 4.69) is 40.5 Å². The molecule has 1 aromatic carbocycles. The second-order valence-electron chi connectivity index (χ2n) is 5.79. The summed E-state index contributed by atoms with van der Waals surface area (Å²) < 4.78 is 0. The summed E-state index contributed by atoms with van der Waals surface area (Å²) in [6.45, 7) is 5.06. The zero-order valence-electron chi connectivity index (χ0n) is 11.1. The highest BCUT2D eigenvalue weighted by molar-refractivity contribution is 5.20. The van der Waals surface area contributed by atoms with Crippen LogP contribution in [0.1, 0.15) is 37.2 Å². The van der Waals surface area contributed by atoms with Crippen molar-refractivity contribution in [2.45, 2.75) is 37.6 Å². The zero-order chi connectivity index (χ0) is 12.2. The molecule has 2 saturated heterocycles. The minimum atomic E-state index is 0.696. The maximum Gasteiger partial charge on any atom is 0.0200 e. The van der Waals surface area contributed by atoms with Crippen molar-refractivity contribution in [3.05, 3.63) is 35.9 Å². The second kappa shape index (κ2) is 5.85. The monoisotopic (exact) mass is 244 g/mol. The van der Waals surface area contributed by atoms with Crippen molar-refractivity contribution in [3.63, 3.8) is 0 Å². The Hall–Kier alpha value is -0.860. The summed E-state index contributed by atoms with van der Waals surface area (Å²) in [4.78, 5) is 2.63. The first-order valence-electron chi connectivity index (χ1n) is 7.42. The molecule has 0 bridgehead atoms. The Balaban J connectivity index is 1.58. The van der Waals surface area contributed by atoms with Crippen molar-refractivity contribution in [3.8, 4) is 0 Å². The number of nitrogens with one attached hydrogen (secondary N) is 1. The summed E-state index contributed by atoms with van der Waals surface area (Å²) in [5.74, 6) is 0.764. The fourth-order valence-corrected chi connectivity index (χ4v) is 3.45. The van der Waals surface area contributed by atoms with Crippen LogP contribution in [0.4, 0.5) is 0 Å². The van der Waals surface area contributed by atoms with Crippen molar-refractivity contribution in [1.29, 1.82) is 0 Å². The minimum absolute atomic E-state index is 0.696. The summed E-state index contributed by atoms with van der Waals surface area (Å²) in [7, 11) is 0. The number of rotatable bonds is 3. The quantitative estimate of drug-likeness (QED) is 0.879. The van der Waals surface area contributed by atoms with Crippen molar-refractivity contribution in [2.75, 3.05) is 26.2 Å². The van der Waals surface area contributed by atoms with Crippen LogP contribution in [0.2, 0.25) is 0 Å². The van der Waals surface area contributed by atoms with Crippen LogP contribution >= 0.6 is 0 Å². The van der Waals surface area contributed by atoms with Crippen LogP contribution in [0, 0.1) is 0 Å². The number of hydrogen-bond donors (Lipinski definition) is 1. The lowest BCUT2D eigenvalue weighted by Crippen LogP contribution is -2.44. The molecule has 1 aromatic rings. The molecule has 0 saturated carbocycles. The van der Waals surface area contributed by atoms with E-state index in [0.717, 1.165) is 5.92 Å². The summed E-state index contributed by atoms with van der Waals surface area (Å²) in [5, 5.41) is 3.70. The smallest absolute Gasteiger partial charge is 0.0200 e. The highest BCUT2D eigenvalue weighted by Crippen LogP contribution is 2.28. The van der Waals surface area contributed by atoms with Gasteiger partial charge >= 0.3 is 0 Å². The normalized spacial score (nSPS) is 29.6. The van der Waals surface area contributed by atoms with Gasteiger partial charge in [-0.25, -0.2) is 0 Å². The molecule has 0 amide bonds. The van der Waals surface area contributed by atoms with E-state index in [9.17, 15) is 0 Å². The average molecular weight is 244 g/mol. The number of nitrogens with zero attached hydrogens (tertiary/aromatic N) is 1. The van der Waals surface area contributed by atoms with Crippen LogP contribution in [-0.4, -0.2) is 37.1 Å². The molecule has 0 radical (unpaired) electrons. The largest absolute Gasteiger partial charge is 0.313 e. The van der Waals surface area contributed by atoms with Crippen LogP contribution in [0.15, 0.2) is 30.3 Å². The fourth-order valence-electron chi connectivity index (χ4n) is 3.45. The van der Waals surface area contributed by atoms with Crippen molar-refractivity contribution >= 4 is 0 Å². The molecule has 98 valence electrons. The Bertz CT molecular complexity index is 357. The SMILES string of the molecule is c1ccc([C@@H]2CCN[C@@H](CN3CCCC3)C2)cc1. The summed E-state index contributed by atoms with van der Waals surface area (Å²) >= 11 is 0. The second-order valence-corrected chi connectivity index (χ2v) is 5.79. The van der Waals surface area contributed by atoms with Gasteiger partial charge in [0.05, 0.1) is 0 Å². The molecule has 2 heterocycles. The molecular weight excluding hydrogens is 220 g/mol. The first-order chi connectivity index (χ1) is 8.92. The van der Waals surface area contributed by atoms with Crippen LogP contribution < -0.4 is 5.32 Å². The van der Waals surface area contributed by atoms with Gasteiger partial charge in [-0.3, -0.25) is 0 Å². The zero-order valence-corrected chi connectivity index (χ0v) is 11.1. The van der Waals surface area contributed by atoms with E-state index in [1.807, 2.05) is 0 Å². The lowest BCUT2D eigenvalue weighted by molar-refractivity contribution is 0.251. The molecule has 1 N–H and O–H groups in total. The van der Waals surface area contributed by atoms with E-state index < -0.39 is 0 Å². The average Bonchev–Trinajstić information content (AvgIpc) is 2.93. The molecule has 18 heavy (non-hydrogen) atoms. The molecular formula is C16H24N2. The van der Waals surface area contributed by atoms with Crippen molar-refractivity contribution in [1.82, 2.24) is 10.2 Å². The number of benzene rings is 1. The third-order valence-corrected chi connectivity index (χ3v) is 4.44. The predicted octanol–water partition coefficient (Wildman–Crippen LogP) is 2.62. The Morgan fingerprint density at radius 2 is 1.89 bits per heavy atom. The third-order valence-electron chi connectivity index (χ3n) is 4.44. The first kappa shape index (κ1) is 12.2. The topological polar surface area (TPSA) is 15.3 Å². The lowest BCUT2D eigenvalue weighted by Gasteiger charge is -2.33. The molecule has 2 aliphatic heterocycles. The van der Waals surface area contributed by atoms with E-state index in [-0.39, 0.29) is 0 Å². The number of likely N-dealkylation sites (tertiary alicyclic amines) is 1. The van der Waals surface area contributed by atoms with Gasteiger partial charge in [-0.2, -0.15) is 0 Å². The maximum absolute atomic E-state index is 3.70. The predicted molar refractivity (Wildman–Crippen MR) is 75.9 cm³/mol. The standard InChI is InChI=1S/C16H24N2/c1-2-6-14(7-3-1)15-8-9-17-16(12-15)13-18-10-4-5-11-18/h1-3,6-7,15-17H,4-5,8-13H2/t15-,16-/m1/s1. The van der Waals surface area contributed by atoms with Gasteiger partial charge in [-0.1, -0.05) is 30.3 Å². The van der Waals surface area contributed by atoms with Gasteiger partial charge in [0.1, 0.15) is 0 Å². The van der Waals surface area contributed by atoms with Crippen LogP contribution in [0.25, 0.3) is 0 Å². The van der Waals surface area contributed by atoms with Gasteiger partial charge in [-0.15, -0.1) is 0 Å². The number of piperidine rings is 1. The summed E-state index contributed by atoms with van der Waals surface area (Å²) in [6.07, 6.45) is 5.39. The molecule has 3 rings (SSSR count). The molecule has 2 aliphatic rings. The fraction of sp³-hybridized carbons (Fsp3) is 0.625. The Morgan fingerprint density at radius 3 is 2.67 bits per heavy atom. The van der Waals surface area contributed by atoms with E-state index in [4.69, 9.17) is 0 Å². The Morgan fingerprint density at radius 1 is 1.11 bits per heavy atom. The first-order valence-corrected chi connectivity index (χ1v) is 7.42. The van der Waals surface area contributed by atoms with Gasteiger partial charge in [0.25, 0.3) is 0 Å². The summed E-state index contributed by atoms with van der Waals surface area (Å²) in [5.41, 5.74) is 1.53. The van der Waals surface area contributed by atoms with E-state index in [1.165, 1.54) is 57.4 Å². The van der Waals surface area contributed by atoms with Gasteiger partial charge < -0.3 is 10.2 Å². The van der Waals surface area contributed by atoms with Gasteiger partial charge in [0.15, 0.2) is 0 Å². The number of hydrogen-bond acceptors (Lipinski definition) is 2.